The van der Waals surface area contributed by atoms with E-state index >= 15 is 0 Å². The van der Waals surface area contributed by atoms with Gasteiger partial charge in [0.1, 0.15) is 5.71 Å². The third-order valence-corrected chi connectivity index (χ3v) is 4.91. The molecule has 0 radical (unpaired) electrons. The second-order valence-corrected chi connectivity index (χ2v) is 7.23. The molecule has 1 aromatic rings. The molecule has 2 aliphatic rings. The fraction of sp³-hybridized carbons (Fsp3) is 0.611. The molecule has 1 atom stereocenters. The van der Waals surface area contributed by atoms with Crippen LogP contribution in [0.4, 0.5) is 0 Å². The summed E-state index contributed by atoms with van der Waals surface area (Å²) in [5, 5.41) is 4.11. The summed E-state index contributed by atoms with van der Waals surface area (Å²) in [6, 6.07) is 6.25. The molecule has 0 aliphatic carbocycles. The highest BCUT2D eigenvalue weighted by atomic mass is 16.7. The summed E-state index contributed by atoms with van der Waals surface area (Å²) in [4.78, 5) is 26.8. The topological polar surface area (TPSA) is 58.0 Å². The predicted molar refractivity (Wildman–Crippen MR) is 92.6 cm³/mol. The molecule has 3 rings (SSSR count). The van der Waals surface area contributed by atoms with Crippen LogP contribution in [-0.2, 0) is 16.2 Å². The molecule has 1 fully saturated rings. The molecule has 1 saturated heterocycles. The second-order valence-electron chi connectivity index (χ2n) is 7.23. The monoisotopic (exact) mass is 330 g/mol. The van der Waals surface area contributed by atoms with E-state index < -0.39 is 0 Å². The first-order valence-corrected chi connectivity index (χ1v) is 8.56. The Morgan fingerprint density at radius 3 is 2.96 bits per heavy atom. The molecule has 0 unspecified atom stereocenters. The van der Waals surface area contributed by atoms with Crippen molar-refractivity contribution in [2.45, 2.75) is 51.8 Å². The highest BCUT2D eigenvalue weighted by molar-refractivity contribution is 6.39. The fourth-order valence-electron chi connectivity index (χ4n) is 3.27. The van der Waals surface area contributed by atoms with Crippen molar-refractivity contribution in [1.82, 2.24) is 14.8 Å². The Kier molecular flexibility index (Phi) is 4.58. The number of rotatable bonds is 4. The summed E-state index contributed by atoms with van der Waals surface area (Å²) < 4.78 is 0. The van der Waals surface area contributed by atoms with E-state index in [0.717, 1.165) is 37.4 Å². The Bertz CT molecular complexity index is 658. The third-order valence-electron chi connectivity index (χ3n) is 4.91. The van der Waals surface area contributed by atoms with Crippen molar-refractivity contribution in [2.75, 3.05) is 20.1 Å². The van der Waals surface area contributed by atoms with Crippen LogP contribution in [0.3, 0.4) is 0 Å². The maximum atomic E-state index is 12.4. The van der Waals surface area contributed by atoms with Gasteiger partial charge in [-0.05, 0) is 32.9 Å². The van der Waals surface area contributed by atoms with Crippen LogP contribution in [0, 0.1) is 6.92 Å². The number of aromatic nitrogens is 1. The largest absolute Gasteiger partial charge is 0.387 e. The molecule has 0 N–H and O–H groups in total. The number of pyridine rings is 1. The van der Waals surface area contributed by atoms with Gasteiger partial charge >= 0.3 is 0 Å². The summed E-state index contributed by atoms with van der Waals surface area (Å²) in [6.45, 7) is 8.53. The fourth-order valence-corrected chi connectivity index (χ4v) is 3.27. The number of carbonyl (C=O) groups is 1. The number of oxime groups is 1. The van der Waals surface area contributed by atoms with Crippen molar-refractivity contribution in [3.63, 3.8) is 0 Å². The number of carbonyl (C=O) groups excluding carboxylic acids is 1. The average molecular weight is 330 g/mol. The van der Waals surface area contributed by atoms with Gasteiger partial charge in [-0.25, -0.2) is 0 Å². The summed E-state index contributed by atoms with van der Waals surface area (Å²) in [6.07, 6.45) is 1.49. The molecule has 130 valence electrons. The minimum absolute atomic E-state index is 0.0272. The van der Waals surface area contributed by atoms with Crippen molar-refractivity contribution < 1.29 is 9.63 Å². The van der Waals surface area contributed by atoms with E-state index in [9.17, 15) is 4.79 Å². The Morgan fingerprint density at radius 2 is 2.25 bits per heavy atom. The van der Waals surface area contributed by atoms with Gasteiger partial charge in [0.15, 0.2) is 5.60 Å². The smallest absolute Gasteiger partial charge is 0.271 e. The van der Waals surface area contributed by atoms with Gasteiger partial charge < -0.3 is 9.74 Å². The number of likely N-dealkylation sites (tertiary alicyclic amines) is 1. The summed E-state index contributed by atoms with van der Waals surface area (Å²) in [5.41, 5.74) is 2.31. The van der Waals surface area contributed by atoms with Crippen molar-refractivity contribution in [3.05, 3.63) is 29.6 Å². The summed E-state index contributed by atoms with van der Waals surface area (Å²) >= 11 is 0. The minimum atomic E-state index is -0.341. The lowest BCUT2D eigenvalue weighted by atomic mass is 9.96. The lowest BCUT2D eigenvalue weighted by Gasteiger charge is -2.23. The van der Waals surface area contributed by atoms with Crippen LogP contribution in [-0.4, -0.2) is 58.2 Å². The van der Waals surface area contributed by atoms with Crippen LogP contribution in [0.15, 0.2) is 23.4 Å². The summed E-state index contributed by atoms with van der Waals surface area (Å²) in [5.74, 6) is -0.0272. The molecule has 2 aliphatic heterocycles. The van der Waals surface area contributed by atoms with Crippen LogP contribution < -0.4 is 0 Å². The van der Waals surface area contributed by atoms with Gasteiger partial charge in [-0.2, -0.15) is 0 Å². The highest BCUT2D eigenvalue weighted by Crippen LogP contribution is 2.34. The second kappa shape index (κ2) is 6.51. The highest BCUT2D eigenvalue weighted by Gasteiger charge is 2.47. The molecule has 3 heterocycles. The zero-order chi connectivity index (χ0) is 17.3. The Morgan fingerprint density at radius 1 is 1.46 bits per heavy atom. The Hall–Kier alpha value is -1.95. The van der Waals surface area contributed by atoms with Gasteiger partial charge in [-0.1, -0.05) is 11.2 Å². The van der Waals surface area contributed by atoms with Gasteiger partial charge in [0, 0.05) is 51.3 Å². The van der Waals surface area contributed by atoms with Crippen molar-refractivity contribution in [2.24, 2.45) is 5.16 Å². The number of aryl methyl sites for hydroxylation is 1. The first-order valence-electron chi connectivity index (χ1n) is 8.56. The normalized spacial score (nSPS) is 23.6. The summed E-state index contributed by atoms with van der Waals surface area (Å²) in [7, 11) is 1.81. The quantitative estimate of drug-likeness (QED) is 0.847. The van der Waals surface area contributed by atoms with Crippen molar-refractivity contribution in [1.29, 1.82) is 0 Å². The van der Waals surface area contributed by atoms with E-state index in [0.29, 0.717) is 12.1 Å². The molecule has 1 amide bonds. The third kappa shape index (κ3) is 3.43. The first kappa shape index (κ1) is 16.9. The van der Waals surface area contributed by atoms with E-state index in [4.69, 9.17) is 4.84 Å². The number of hydrogen-bond acceptors (Lipinski definition) is 5. The molecule has 6 nitrogen and oxygen atoms in total. The zero-order valence-corrected chi connectivity index (χ0v) is 15.0. The Balaban J connectivity index is 1.59. The van der Waals surface area contributed by atoms with Crippen molar-refractivity contribution in [3.8, 4) is 0 Å². The lowest BCUT2D eigenvalue weighted by Crippen LogP contribution is -2.40. The number of hydrogen-bond donors (Lipinski definition) is 0. The van der Waals surface area contributed by atoms with Gasteiger partial charge in [-0.15, -0.1) is 0 Å². The molecule has 0 aromatic carbocycles. The number of nitrogens with zero attached hydrogens (tertiary/aromatic N) is 4. The number of amides is 1. The molecule has 6 heteroatoms. The SMILES string of the molecule is Cc1cccc(CN2CC[C@]3(CC(C(=O)N(C)C(C)C)=NO3)C2)n1. The molecule has 0 bridgehead atoms. The molecular formula is C18H26N4O2. The maximum Gasteiger partial charge on any atom is 0.271 e. The molecule has 1 aromatic heterocycles. The van der Waals surface area contributed by atoms with Gasteiger partial charge in [-0.3, -0.25) is 14.7 Å². The van der Waals surface area contributed by atoms with E-state index in [2.05, 4.69) is 21.1 Å². The van der Waals surface area contributed by atoms with Crippen LogP contribution in [0.2, 0.25) is 0 Å². The van der Waals surface area contributed by atoms with Gasteiger partial charge in [0.05, 0.1) is 5.69 Å². The average Bonchev–Trinajstić information content (AvgIpc) is 3.13. The zero-order valence-electron chi connectivity index (χ0n) is 15.0. The van der Waals surface area contributed by atoms with E-state index in [-0.39, 0.29) is 17.6 Å². The molecular weight excluding hydrogens is 304 g/mol. The minimum Gasteiger partial charge on any atom is -0.387 e. The van der Waals surface area contributed by atoms with Crippen LogP contribution in [0.1, 0.15) is 38.1 Å². The van der Waals surface area contributed by atoms with E-state index in [1.165, 1.54) is 0 Å². The molecule has 1 spiro atoms. The molecule has 0 saturated carbocycles. The van der Waals surface area contributed by atoms with E-state index in [1.807, 2.05) is 40.0 Å². The van der Waals surface area contributed by atoms with E-state index in [1.54, 1.807) is 4.90 Å². The predicted octanol–water partition coefficient (Wildman–Crippen LogP) is 1.98. The first-order chi connectivity index (χ1) is 11.4. The van der Waals surface area contributed by atoms with Crippen molar-refractivity contribution >= 4 is 11.6 Å². The molecule has 24 heavy (non-hydrogen) atoms. The lowest BCUT2D eigenvalue weighted by molar-refractivity contribution is -0.124. The standard InChI is InChI=1S/C18H26N4O2/c1-13(2)21(4)17(23)16-10-18(24-20-16)8-9-22(12-18)11-15-7-5-6-14(3)19-15/h5-7,13H,8-12H2,1-4H3/t18-/m0/s1. The van der Waals surface area contributed by atoms with Crippen LogP contribution in [0.25, 0.3) is 0 Å². The van der Waals surface area contributed by atoms with Gasteiger partial charge in [0.25, 0.3) is 5.91 Å². The van der Waals surface area contributed by atoms with Crippen LogP contribution in [0.5, 0.6) is 0 Å². The Labute approximate surface area is 143 Å². The van der Waals surface area contributed by atoms with Gasteiger partial charge in [0.2, 0.25) is 0 Å². The van der Waals surface area contributed by atoms with Crippen LogP contribution >= 0.6 is 0 Å². The maximum absolute atomic E-state index is 12.4.